The summed E-state index contributed by atoms with van der Waals surface area (Å²) in [6, 6.07) is 3.56. The Hall–Kier alpha value is -1.42. The van der Waals surface area contributed by atoms with Crippen LogP contribution in [0.3, 0.4) is 0 Å². The van der Waals surface area contributed by atoms with Crippen molar-refractivity contribution < 1.29 is 14.3 Å². The molecule has 1 heterocycles. The lowest BCUT2D eigenvalue weighted by Gasteiger charge is -2.03. The van der Waals surface area contributed by atoms with E-state index in [-0.39, 0.29) is 5.91 Å². The fraction of sp³-hybridized carbons (Fsp3) is 0.400. The number of carbonyl (C=O) groups is 1. The van der Waals surface area contributed by atoms with Crippen molar-refractivity contribution >= 4 is 5.91 Å². The van der Waals surface area contributed by atoms with Gasteiger partial charge in [0.15, 0.2) is 18.9 Å². The highest BCUT2D eigenvalue weighted by Gasteiger charge is 2.07. The lowest BCUT2D eigenvalue weighted by molar-refractivity contribution is -0.883. The Balaban J connectivity index is 2.69. The minimum absolute atomic E-state index is 0.378. The molecule has 14 heavy (non-hydrogen) atoms. The number of aromatic nitrogens is 1. The summed E-state index contributed by atoms with van der Waals surface area (Å²) in [5.41, 5.74) is 5.74. The van der Waals surface area contributed by atoms with E-state index in [0.29, 0.717) is 5.56 Å². The third-order valence-electron chi connectivity index (χ3n) is 2.01. The molecule has 0 atom stereocenters. The van der Waals surface area contributed by atoms with Crippen molar-refractivity contribution in [1.82, 2.24) is 0 Å². The summed E-state index contributed by atoms with van der Waals surface area (Å²) < 4.78 is 1.98. The van der Waals surface area contributed by atoms with Crippen LogP contribution >= 0.6 is 0 Å². The average Bonchev–Trinajstić information content (AvgIpc) is 2.15. The average molecular weight is 195 g/mol. The highest BCUT2D eigenvalue weighted by atomic mass is 16.1. The van der Waals surface area contributed by atoms with E-state index in [1.165, 1.54) is 4.90 Å². The fourth-order valence-corrected chi connectivity index (χ4v) is 1.16. The molecular formula is C10H17N3O+2. The van der Waals surface area contributed by atoms with Gasteiger partial charge < -0.3 is 10.6 Å². The van der Waals surface area contributed by atoms with Gasteiger partial charge in [0.2, 0.25) is 0 Å². The first kappa shape index (κ1) is 10.7. The summed E-state index contributed by atoms with van der Waals surface area (Å²) in [7, 11) is 4.19. The third-order valence-corrected chi connectivity index (χ3v) is 2.01. The van der Waals surface area contributed by atoms with E-state index >= 15 is 0 Å². The van der Waals surface area contributed by atoms with Crippen LogP contribution in [0.2, 0.25) is 0 Å². The number of quaternary nitrogens is 1. The molecule has 0 bridgehead atoms. The number of nitrogens with one attached hydrogen (secondary N) is 1. The van der Waals surface area contributed by atoms with Crippen LogP contribution in [0.1, 0.15) is 10.4 Å². The molecule has 4 heteroatoms. The third kappa shape index (κ3) is 3.14. The number of primary amides is 1. The van der Waals surface area contributed by atoms with Crippen molar-refractivity contribution in [3.05, 3.63) is 30.1 Å². The topological polar surface area (TPSA) is 51.4 Å². The zero-order valence-corrected chi connectivity index (χ0v) is 8.66. The number of hydrogen-bond donors (Lipinski definition) is 2. The monoisotopic (exact) mass is 195 g/mol. The number of pyridine rings is 1. The number of rotatable bonds is 4. The molecular weight excluding hydrogens is 178 g/mol. The van der Waals surface area contributed by atoms with Crippen LogP contribution < -0.4 is 15.2 Å². The van der Waals surface area contributed by atoms with Gasteiger partial charge in [-0.15, -0.1) is 0 Å². The molecule has 0 aliphatic rings. The Labute approximate surface area is 83.9 Å². The van der Waals surface area contributed by atoms with Gasteiger partial charge in [0.1, 0.15) is 12.1 Å². The predicted molar refractivity (Wildman–Crippen MR) is 52.8 cm³/mol. The number of hydrogen-bond acceptors (Lipinski definition) is 1. The van der Waals surface area contributed by atoms with Crippen molar-refractivity contribution in [1.29, 1.82) is 0 Å². The summed E-state index contributed by atoms with van der Waals surface area (Å²) in [6.07, 6.45) is 3.72. The molecule has 0 unspecified atom stereocenters. The first-order valence-corrected chi connectivity index (χ1v) is 4.67. The molecule has 0 spiro atoms. The Bertz CT molecular complexity index is 323. The smallest absolute Gasteiger partial charge is 0.254 e. The normalized spacial score (nSPS) is 10.5. The van der Waals surface area contributed by atoms with E-state index in [9.17, 15) is 4.79 Å². The van der Waals surface area contributed by atoms with Gasteiger partial charge in [-0.05, 0) is 6.07 Å². The van der Waals surface area contributed by atoms with Crippen molar-refractivity contribution in [2.45, 2.75) is 6.54 Å². The first-order chi connectivity index (χ1) is 6.59. The van der Waals surface area contributed by atoms with E-state index in [1.807, 2.05) is 16.8 Å². The minimum Gasteiger partial charge on any atom is -0.365 e. The molecule has 0 saturated heterocycles. The van der Waals surface area contributed by atoms with E-state index in [4.69, 9.17) is 5.73 Å². The van der Waals surface area contributed by atoms with Gasteiger partial charge in [0.05, 0.1) is 14.1 Å². The maximum absolute atomic E-state index is 10.9. The van der Waals surface area contributed by atoms with Crippen molar-refractivity contribution in [2.24, 2.45) is 5.73 Å². The zero-order chi connectivity index (χ0) is 10.6. The first-order valence-electron chi connectivity index (χ1n) is 4.67. The molecule has 3 N–H and O–H groups in total. The van der Waals surface area contributed by atoms with Crippen LogP contribution in [-0.2, 0) is 6.54 Å². The molecule has 0 aromatic carbocycles. The van der Waals surface area contributed by atoms with Gasteiger partial charge in [0, 0.05) is 6.07 Å². The molecule has 1 rings (SSSR count). The van der Waals surface area contributed by atoms with Crippen LogP contribution in [0.25, 0.3) is 0 Å². The second-order valence-electron chi connectivity index (χ2n) is 3.65. The SMILES string of the molecule is C[NH+](C)CC[n+]1cccc(C(N)=O)c1. The standard InChI is InChI=1S/C10H15N3O/c1-12(2)6-7-13-5-3-4-9(8-13)10(11)14/h3-5,8H,6-7H2,1-2H3,(H-,11,14)/p+2. The fourth-order valence-electron chi connectivity index (χ4n) is 1.16. The molecule has 76 valence electrons. The largest absolute Gasteiger partial charge is 0.365 e. The van der Waals surface area contributed by atoms with E-state index < -0.39 is 0 Å². The molecule has 0 radical (unpaired) electrons. The summed E-state index contributed by atoms with van der Waals surface area (Å²) >= 11 is 0. The van der Waals surface area contributed by atoms with Gasteiger partial charge in [-0.25, -0.2) is 0 Å². The number of nitrogens with two attached hydrogens (primary N) is 1. The molecule has 0 saturated carbocycles. The van der Waals surface area contributed by atoms with Crippen LogP contribution in [0.5, 0.6) is 0 Å². The number of amides is 1. The van der Waals surface area contributed by atoms with Crippen molar-refractivity contribution in [3.63, 3.8) is 0 Å². The predicted octanol–water partition coefficient (Wildman–Crippen LogP) is -1.78. The second-order valence-corrected chi connectivity index (χ2v) is 3.65. The van der Waals surface area contributed by atoms with Gasteiger partial charge in [-0.2, -0.15) is 4.57 Å². The Morgan fingerprint density at radius 3 is 2.86 bits per heavy atom. The zero-order valence-electron chi connectivity index (χ0n) is 8.66. The van der Waals surface area contributed by atoms with E-state index in [2.05, 4.69) is 14.1 Å². The minimum atomic E-state index is -0.378. The summed E-state index contributed by atoms with van der Waals surface area (Å²) in [5, 5.41) is 0. The lowest BCUT2D eigenvalue weighted by Crippen LogP contribution is -3.06. The molecule has 1 amide bonds. The highest BCUT2D eigenvalue weighted by molar-refractivity contribution is 5.92. The highest BCUT2D eigenvalue weighted by Crippen LogP contribution is 1.91. The molecule has 1 aromatic heterocycles. The summed E-state index contributed by atoms with van der Waals surface area (Å²) in [4.78, 5) is 12.3. The number of nitrogens with zero attached hydrogens (tertiary/aromatic N) is 1. The molecule has 0 fully saturated rings. The summed E-state index contributed by atoms with van der Waals surface area (Å²) in [5.74, 6) is -0.378. The van der Waals surface area contributed by atoms with Gasteiger partial charge >= 0.3 is 0 Å². The quantitative estimate of drug-likeness (QED) is 0.548. The Morgan fingerprint density at radius 2 is 2.29 bits per heavy atom. The van der Waals surface area contributed by atoms with Gasteiger partial charge in [-0.3, -0.25) is 4.79 Å². The van der Waals surface area contributed by atoms with E-state index in [1.54, 1.807) is 12.3 Å². The van der Waals surface area contributed by atoms with Crippen LogP contribution in [0, 0.1) is 0 Å². The molecule has 1 aromatic rings. The molecule has 0 aliphatic heterocycles. The molecule has 4 nitrogen and oxygen atoms in total. The Morgan fingerprint density at radius 1 is 1.57 bits per heavy atom. The lowest BCUT2D eigenvalue weighted by atomic mass is 10.3. The second kappa shape index (κ2) is 4.72. The maximum atomic E-state index is 10.9. The maximum Gasteiger partial charge on any atom is 0.254 e. The van der Waals surface area contributed by atoms with Crippen molar-refractivity contribution in [3.8, 4) is 0 Å². The number of carbonyl (C=O) groups excluding carboxylic acids is 1. The van der Waals surface area contributed by atoms with Gasteiger partial charge in [-0.1, -0.05) is 0 Å². The Kier molecular flexibility index (Phi) is 3.59. The van der Waals surface area contributed by atoms with Crippen LogP contribution in [0.15, 0.2) is 24.5 Å². The van der Waals surface area contributed by atoms with Crippen LogP contribution in [0.4, 0.5) is 0 Å². The number of likely N-dealkylation sites (N-methyl/N-ethyl adjacent to an activating group) is 1. The molecule has 0 aliphatic carbocycles. The summed E-state index contributed by atoms with van der Waals surface area (Å²) in [6.45, 7) is 1.91. The van der Waals surface area contributed by atoms with Gasteiger partial charge in [0.25, 0.3) is 5.91 Å². The van der Waals surface area contributed by atoms with Crippen LogP contribution in [-0.4, -0.2) is 26.5 Å². The van der Waals surface area contributed by atoms with Crippen molar-refractivity contribution in [2.75, 3.05) is 20.6 Å². The van der Waals surface area contributed by atoms with E-state index in [0.717, 1.165) is 13.1 Å².